The van der Waals surface area contributed by atoms with E-state index >= 15 is 0 Å². The molecule has 0 saturated heterocycles. The van der Waals surface area contributed by atoms with Gasteiger partial charge in [-0.15, -0.1) is 0 Å². The van der Waals surface area contributed by atoms with Gasteiger partial charge in [0.25, 0.3) is 5.56 Å². The van der Waals surface area contributed by atoms with Crippen LogP contribution in [0.4, 0.5) is 5.82 Å². The normalized spacial score (nSPS) is 11.9. The second-order valence-electron chi connectivity index (χ2n) is 5.61. The van der Waals surface area contributed by atoms with Crippen molar-refractivity contribution in [3.05, 3.63) is 22.7 Å². The van der Waals surface area contributed by atoms with E-state index in [-0.39, 0.29) is 23.7 Å². The molecular formula is C13H23N3O2. The zero-order chi connectivity index (χ0) is 13.9. The molecule has 0 aliphatic rings. The van der Waals surface area contributed by atoms with Gasteiger partial charge in [0.15, 0.2) is 5.82 Å². The van der Waals surface area contributed by atoms with Crippen molar-refractivity contribution < 1.29 is 5.11 Å². The summed E-state index contributed by atoms with van der Waals surface area (Å²) in [6.07, 6.45) is 3.33. The zero-order valence-corrected chi connectivity index (χ0v) is 11.8. The van der Waals surface area contributed by atoms with Gasteiger partial charge in [-0.25, -0.2) is 4.98 Å². The summed E-state index contributed by atoms with van der Waals surface area (Å²) in [6.45, 7) is 10.3. The van der Waals surface area contributed by atoms with E-state index in [1.165, 1.54) is 0 Å². The van der Waals surface area contributed by atoms with Gasteiger partial charge in [-0.05, 0) is 34.6 Å². The topological polar surface area (TPSA) is 58.4 Å². The van der Waals surface area contributed by atoms with Gasteiger partial charge in [-0.3, -0.25) is 4.79 Å². The molecule has 0 aliphatic heterocycles. The lowest BCUT2D eigenvalue weighted by Gasteiger charge is -2.29. The standard InChI is InChI=1S/C13H23N3O2/c1-10(2)15(8-9-17)11-12(18)16(7-6-14-11)13(3,4)5/h6-7,10,17H,8-9H2,1-5H3. The molecule has 0 amide bonds. The number of aromatic nitrogens is 2. The van der Waals surface area contributed by atoms with Crippen LogP contribution in [0.15, 0.2) is 17.2 Å². The second kappa shape index (κ2) is 5.52. The summed E-state index contributed by atoms with van der Waals surface area (Å²) >= 11 is 0. The van der Waals surface area contributed by atoms with Crippen molar-refractivity contribution in [1.29, 1.82) is 0 Å². The molecule has 0 fully saturated rings. The lowest BCUT2D eigenvalue weighted by Crippen LogP contribution is -2.42. The second-order valence-corrected chi connectivity index (χ2v) is 5.61. The van der Waals surface area contributed by atoms with Crippen LogP contribution in [0.5, 0.6) is 0 Å². The molecule has 18 heavy (non-hydrogen) atoms. The molecule has 1 rings (SSSR count). The lowest BCUT2D eigenvalue weighted by molar-refractivity contribution is 0.298. The molecule has 5 heteroatoms. The van der Waals surface area contributed by atoms with Crippen molar-refractivity contribution in [2.75, 3.05) is 18.1 Å². The molecule has 0 saturated carbocycles. The van der Waals surface area contributed by atoms with E-state index in [0.29, 0.717) is 12.4 Å². The molecule has 0 atom stereocenters. The molecule has 0 aliphatic carbocycles. The van der Waals surface area contributed by atoms with Crippen LogP contribution in [0.1, 0.15) is 34.6 Å². The van der Waals surface area contributed by atoms with Gasteiger partial charge in [0.05, 0.1) is 6.61 Å². The average Bonchev–Trinajstić information content (AvgIpc) is 2.24. The third kappa shape index (κ3) is 3.10. The van der Waals surface area contributed by atoms with Crippen molar-refractivity contribution in [3.8, 4) is 0 Å². The Hall–Kier alpha value is -1.36. The minimum absolute atomic E-state index is 0.00368. The molecule has 0 aromatic carbocycles. The van der Waals surface area contributed by atoms with Crippen molar-refractivity contribution in [3.63, 3.8) is 0 Å². The van der Waals surface area contributed by atoms with Crippen LogP contribution in [0, 0.1) is 0 Å². The first-order valence-electron chi connectivity index (χ1n) is 6.24. The predicted octanol–water partition coefficient (Wildman–Crippen LogP) is 1.21. The lowest BCUT2D eigenvalue weighted by atomic mass is 10.1. The highest BCUT2D eigenvalue weighted by atomic mass is 16.3. The molecule has 0 unspecified atom stereocenters. The van der Waals surface area contributed by atoms with E-state index in [1.807, 2.05) is 39.5 Å². The Kier molecular flexibility index (Phi) is 4.51. The molecule has 102 valence electrons. The average molecular weight is 253 g/mol. The van der Waals surface area contributed by atoms with Gasteiger partial charge in [-0.1, -0.05) is 0 Å². The van der Waals surface area contributed by atoms with Gasteiger partial charge >= 0.3 is 0 Å². The van der Waals surface area contributed by atoms with E-state index in [4.69, 9.17) is 5.11 Å². The maximum Gasteiger partial charge on any atom is 0.293 e. The highest BCUT2D eigenvalue weighted by molar-refractivity contribution is 5.37. The smallest absolute Gasteiger partial charge is 0.293 e. The van der Waals surface area contributed by atoms with E-state index in [2.05, 4.69) is 4.98 Å². The summed E-state index contributed by atoms with van der Waals surface area (Å²) in [5, 5.41) is 9.09. The van der Waals surface area contributed by atoms with Crippen molar-refractivity contribution in [2.45, 2.75) is 46.2 Å². The number of hydrogen-bond donors (Lipinski definition) is 1. The quantitative estimate of drug-likeness (QED) is 0.876. The molecular weight excluding hydrogens is 230 g/mol. The van der Waals surface area contributed by atoms with Gasteiger partial charge in [-0.2, -0.15) is 0 Å². The third-order valence-electron chi connectivity index (χ3n) is 2.78. The molecule has 0 spiro atoms. The fraction of sp³-hybridized carbons (Fsp3) is 0.692. The maximum absolute atomic E-state index is 12.4. The minimum Gasteiger partial charge on any atom is -0.395 e. The summed E-state index contributed by atoms with van der Waals surface area (Å²) in [5.41, 5.74) is -0.399. The van der Waals surface area contributed by atoms with E-state index in [0.717, 1.165) is 0 Å². The van der Waals surface area contributed by atoms with Crippen molar-refractivity contribution >= 4 is 5.82 Å². The Morgan fingerprint density at radius 1 is 1.44 bits per heavy atom. The number of aliphatic hydroxyl groups excluding tert-OH is 1. The third-order valence-corrected chi connectivity index (χ3v) is 2.78. The van der Waals surface area contributed by atoms with E-state index < -0.39 is 0 Å². The minimum atomic E-state index is -0.281. The summed E-state index contributed by atoms with van der Waals surface area (Å²) in [4.78, 5) is 18.4. The molecule has 5 nitrogen and oxygen atoms in total. The Labute approximate surface area is 108 Å². The van der Waals surface area contributed by atoms with Crippen LogP contribution in [0.2, 0.25) is 0 Å². The van der Waals surface area contributed by atoms with Crippen LogP contribution in [0.3, 0.4) is 0 Å². The monoisotopic (exact) mass is 253 g/mol. The van der Waals surface area contributed by atoms with Gasteiger partial charge in [0.2, 0.25) is 0 Å². The Bertz CT molecular complexity index is 446. The van der Waals surface area contributed by atoms with Crippen LogP contribution < -0.4 is 10.5 Å². The van der Waals surface area contributed by atoms with Crippen LogP contribution >= 0.6 is 0 Å². The van der Waals surface area contributed by atoms with Crippen molar-refractivity contribution in [1.82, 2.24) is 9.55 Å². The van der Waals surface area contributed by atoms with Gasteiger partial charge < -0.3 is 14.6 Å². The highest BCUT2D eigenvalue weighted by Crippen LogP contribution is 2.13. The molecule has 0 bridgehead atoms. The van der Waals surface area contributed by atoms with Crippen LogP contribution in [0.25, 0.3) is 0 Å². The Morgan fingerprint density at radius 3 is 2.50 bits per heavy atom. The highest BCUT2D eigenvalue weighted by Gasteiger charge is 2.21. The van der Waals surface area contributed by atoms with Gasteiger partial charge in [0, 0.05) is 30.5 Å². The maximum atomic E-state index is 12.4. The number of rotatable bonds is 4. The largest absolute Gasteiger partial charge is 0.395 e. The van der Waals surface area contributed by atoms with Crippen molar-refractivity contribution in [2.24, 2.45) is 0 Å². The first-order valence-corrected chi connectivity index (χ1v) is 6.24. The molecule has 1 N–H and O–H groups in total. The first kappa shape index (κ1) is 14.7. The molecule has 0 radical (unpaired) electrons. The van der Waals surface area contributed by atoms with Crippen LogP contribution in [-0.4, -0.2) is 33.9 Å². The SMILES string of the molecule is CC(C)N(CCO)c1nccn(C(C)(C)C)c1=O. The number of anilines is 1. The number of nitrogens with zero attached hydrogens (tertiary/aromatic N) is 3. The fourth-order valence-electron chi connectivity index (χ4n) is 1.84. The summed E-state index contributed by atoms with van der Waals surface area (Å²) in [6, 6.07) is 0.119. The summed E-state index contributed by atoms with van der Waals surface area (Å²) in [5.74, 6) is 0.400. The van der Waals surface area contributed by atoms with E-state index in [9.17, 15) is 4.79 Å². The predicted molar refractivity (Wildman–Crippen MR) is 73.1 cm³/mol. The first-order chi connectivity index (χ1) is 8.29. The van der Waals surface area contributed by atoms with E-state index in [1.54, 1.807) is 17.0 Å². The number of aliphatic hydroxyl groups is 1. The Morgan fingerprint density at radius 2 is 2.06 bits per heavy atom. The zero-order valence-electron chi connectivity index (χ0n) is 11.8. The van der Waals surface area contributed by atoms with Gasteiger partial charge in [0.1, 0.15) is 0 Å². The molecule has 1 aromatic rings. The fourth-order valence-corrected chi connectivity index (χ4v) is 1.84. The number of hydrogen-bond acceptors (Lipinski definition) is 4. The Balaban J connectivity index is 3.29. The molecule has 1 heterocycles. The van der Waals surface area contributed by atoms with Crippen LogP contribution in [-0.2, 0) is 5.54 Å². The summed E-state index contributed by atoms with van der Waals surface area (Å²) < 4.78 is 1.67. The molecule has 1 aromatic heterocycles. The summed E-state index contributed by atoms with van der Waals surface area (Å²) in [7, 11) is 0.